The zero-order chi connectivity index (χ0) is 8.99. The molecule has 6 heteroatoms. The SMILES string of the molecule is CCCC.NO.O=[N+]([O-])O. The minimum Gasteiger partial charge on any atom is -0.328 e. The van der Waals surface area contributed by atoms with E-state index in [0.717, 1.165) is 0 Å². The van der Waals surface area contributed by atoms with Crippen molar-refractivity contribution in [2.75, 3.05) is 0 Å². The van der Waals surface area contributed by atoms with Gasteiger partial charge in [-0.3, -0.25) is 0 Å². The molecule has 10 heavy (non-hydrogen) atoms. The molecule has 64 valence electrons. The molecule has 0 atom stereocenters. The molecule has 0 unspecified atom stereocenters. The van der Waals surface area contributed by atoms with Crippen molar-refractivity contribution >= 4 is 0 Å². The third kappa shape index (κ3) is 18500. The average Bonchev–Trinajstić information content (AvgIpc) is 1.91. The molecule has 0 aromatic rings. The van der Waals surface area contributed by atoms with E-state index in [1.165, 1.54) is 12.8 Å². The third-order valence-corrected chi connectivity index (χ3v) is 0.500. The van der Waals surface area contributed by atoms with Crippen molar-refractivity contribution in [3.05, 3.63) is 10.1 Å². The maximum absolute atomic E-state index is 8.36. The predicted octanol–water partition coefficient (Wildman–Crippen LogP) is 0.793. The van der Waals surface area contributed by atoms with Crippen LogP contribution < -0.4 is 5.90 Å². The van der Waals surface area contributed by atoms with Gasteiger partial charge in [0.1, 0.15) is 0 Å². The number of hydrogen-bond donors (Lipinski definition) is 3. The molecule has 0 aliphatic heterocycles. The molecule has 0 aromatic carbocycles. The van der Waals surface area contributed by atoms with Gasteiger partial charge in [0.2, 0.25) is 0 Å². The molecule has 0 radical (unpaired) electrons. The summed E-state index contributed by atoms with van der Waals surface area (Å²) in [6.07, 6.45) is 2.64. The van der Waals surface area contributed by atoms with E-state index in [2.05, 4.69) is 19.7 Å². The van der Waals surface area contributed by atoms with Crippen molar-refractivity contribution in [2.45, 2.75) is 26.7 Å². The Bertz CT molecular complexity index is 53.2. The summed E-state index contributed by atoms with van der Waals surface area (Å²) in [6, 6.07) is 0. The van der Waals surface area contributed by atoms with Crippen LogP contribution in [-0.4, -0.2) is 15.5 Å². The number of nitrogens with two attached hydrogens (primary N) is 1. The van der Waals surface area contributed by atoms with Crippen molar-refractivity contribution in [1.82, 2.24) is 0 Å². The first kappa shape index (κ1) is 16.1. The zero-order valence-electron chi connectivity index (χ0n) is 6.15. The summed E-state index contributed by atoms with van der Waals surface area (Å²) in [5.74, 6) is 3.50. The lowest BCUT2D eigenvalue weighted by Gasteiger charge is -1.68. The van der Waals surface area contributed by atoms with Crippen LogP contribution in [0.4, 0.5) is 0 Å². The van der Waals surface area contributed by atoms with Crippen LogP contribution in [0.15, 0.2) is 0 Å². The molecule has 0 heterocycles. The average molecular weight is 154 g/mol. The van der Waals surface area contributed by atoms with Gasteiger partial charge in [0.05, 0.1) is 0 Å². The van der Waals surface area contributed by atoms with Gasteiger partial charge in [0.15, 0.2) is 0 Å². The van der Waals surface area contributed by atoms with Crippen LogP contribution in [0.25, 0.3) is 0 Å². The highest BCUT2D eigenvalue weighted by Crippen LogP contribution is 1.76. The predicted molar refractivity (Wildman–Crippen MR) is 35.3 cm³/mol. The minimum absolute atomic E-state index is 1.32. The molecule has 0 aromatic heterocycles. The van der Waals surface area contributed by atoms with Crippen LogP contribution in [0.5, 0.6) is 0 Å². The van der Waals surface area contributed by atoms with Gasteiger partial charge in [-0.2, -0.15) is 0 Å². The fraction of sp³-hybridized carbons (Fsp3) is 1.00. The van der Waals surface area contributed by atoms with Crippen LogP contribution in [0, 0.1) is 10.1 Å². The summed E-state index contributed by atoms with van der Waals surface area (Å²) in [6.45, 7) is 4.36. The quantitative estimate of drug-likeness (QED) is 0.382. The summed E-state index contributed by atoms with van der Waals surface area (Å²) >= 11 is 0. The van der Waals surface area contributed by atoms with Crippen LogP contribution in [0.1, 0.15) is 26.7 Å². The largest absolute Gasteiger partial charge is 0.328 e. The lowest BCUT2D eigenvalue weighted by molar-refractivity contribution is -0.742. The second-order valence-corrected chi connectivity index (χ2v) is 1.24. The maximum atomic E-state index is 8.36. The standard InChI is InChI=1S/C4H10.HNO3.H3NO/c1-3-4-2;2-1(3)4;1-2/h3-4H2,1-2H3;(H,2,3,4);2H,1H2. The van der Waals surface area contributed by atoms with Crippen molar-refractivity contribution in [1.29, 1.82) is 0 Å². The number of unbranched alkanes of at least 4 members (excludes halogenated alkanes) is 1. The molecule has 0 fully saturated rings. The molecule has 4 N–H and O–H groups in total. The second-order valence-electron chi connectivity index (χ2n) is 1.24. The van der Waals surface area contributed by atoms with Crippen molar-refractivity contribution in [3.63, 3.8) is 0 Å². The van der Waals surface area contributed by atoms with E-state index in [4.69, 9.17) is 20.5 Å². The maximum Gasteiger partial charge on any atom is 0.291 e. The molecular formula is C4H14N2O4. The fourth-order valence-corrected chi connectivity index (χ4v) is 0. The van der Waals surface area contributed by atoms with Crippen LogP contribution >= 0.6 is 0 Å². The molecule has 0 rings (SSSR count). The van der Waals surface area contributed by atoms with Gasteiger partial charge in [-0.25, -0.2) is 5.90 Å². The summed E-state index contributed by atoms with van der Waals surface area (Å²) < 4.78 is 0. The van der Waals surface area contributed by atoms with Gasteiger partial charge < -0.3 is 10.4 Å². The summed E-state index contributed by atoms with van der Waals surface area (Å²) in [4.78, 5) is 8.36. The Morgan fingerprint density at radius 3 is 1.50 bits per heavy atom. The van der Waals surface area contributed by atoms with Crippen molar-refractivity contribution in [2.24, 2.45) is 5.90 Å². The highest BCUT2D eigenvalue weighted by atomic mass is 16.9. The summed E-state index contributed by atoms with van der Waals surface area (Å²) in [7, 11) is 0. The topological polar surface area (TPSA) is 110 Å². The van der Waals surface area contributed by atoms with Crippen LogP contribution in [0.3, 0.4) is 0 Å². The van der Waals surface area contributed by atoms with Gasteiger partial charge in [-0.1, -0.05) is 26.7 Å². The highest BCUT2D eigenvalue weighted by molar-refractivity contribution is 4.12. The van der Waals surface area contributed by atoms with Gasteiger partial charge in [0.25, 0.3) is 5.09 Å². The molecule has 0 saturated carbocycles. The van der Waals surface area contributed by atoms with E-state index < -0.39 is 5.09 Å². The summed E-state index contributed by atoms with van der Waals surface area (Å²) in [5.41, 5.74) is 0. The van der Waals surface area contributed by atoms with E-state index in [1.807, 2.05) is 0 Å². The molecule has 0 aliphatic rings. The van der Waals surface area contributed by atoms with Crippen molar-refractivity contribution in [3.8, 4) is 0 Å². The molecule has 0 spiro atoms. The first-order chi connectivity index (χ1) is 4.65. The highest BCUT2D eigenvalue weighted by Gasteiger charge is 1.65. The van der Waals surface area contributed by atoms with E-state index in [9.17, 15) is 0 Å². The Labute approximate surface area is 59.3 Å². The molecule has 6 nitrogen and oxygen atoms in total. The van der Waals surface area contributed by atoms with Gasteiger partial charge >= 0.3 is 0 Å². The molecule has 0 amide bonds. The second kappa shape index (κ2) is 24.3. The Hall–Kier alpha value is -0.880. The molecular weight excluding hydrogens is 140 g/mol. The third-order valence-electron chi connectivity index (χ3n) is 0.500. The first-order valence-electron chi connectivity index (χ1n) is 2.74. The minimum atomic E-state index is -1.50. The molecule has 0 aliphatic carbocycles. The lowest BCUT2D eigenvalue weighted by atomic mass is 10.4. The van der Waals surface area contributed by atoms with E-state index in [1.54, 1.807) is 0 Å². The first-order valence-corrected chi connectivity index (χ1v) is 2.74. The Morgan fingerprint density at radius 2 is 1.50 bits per heavy atom. The van der Waals surface area contributed by atoms with Crippen LogP contribution in [-0.2, 0) is 0 Å². The van der Waals surface area contributed by atoms with Gasteiger partial charge in [0, 0.05) is 0 Å². The Kier molecular flexibility index (Phi) is 38.9. The monoisotopic (exact) mass is 154 g/mol. The van der Waals surface area contributed by atoms with E-state index in [0.29, 0.717) is 0 Å². The number of rotatable bonds is 1. The van der Waals surface area contributed by atoms with Gasteiger partial charge in [-0.15, -0.1) is 10.1 Å². The molecule has 0 bridgehead atoms. The van der Waals surface area contributed by atoms with Gasteiger partial charge in [-0.05, 0) is 0 Å². The number of nitrogens with zero attached hydrogens (tertiary/aromatic N) is 1. The fourth-order valence-electron chi connectivity index (χ4n) is 0. The number of hydrogen-bond acceptors (Lipinski definition) is 4. The van der Waals surface area contributed by atoms with Crippen molar-refractivity contribution < 1.29 is 15.5 Å². The summed E-state index contributed by atoms with van der Waals surface area (Å²) in [5, 5.41) is 20.1. The van der Waals surface area contributed by atoms with E-state index in [-0.39, 0.29) is 0 Å². The zero-order valence-corrected chi connectivity index (χ0v) is 6.15. The Balaban J connectivity index is -0.0000000787. The Morgan fingerprint density at radius 1 is 1.40 bits per heavy atom. The smallest absolute Gasteiger partial charge is 0.291 e. The normalized spacial score (nSPS) is 6.00. The lowest BCUT2D eigenvalue weighted by Crippen LogP contribution is -1.81. The van der Waals surface area contributed by atoms with Crippen LogP contribution in [0.2, 0.25) is 0 Å². The van der Waals surface area contributed by atoms with E-state index >= 15 is 0 Å². The molecule has 0 saturated heterocycles.